The standard InChI is InChI=1S/C32H46N2O5/c1-7-33-13-10-22-16-27(36-3)29(38-5)18-24(22)31(33)26-15-21(20-35)9-12-32(26)25-19-30(39-6)28(37-4)17-23(25)11-14-34(32)8-2/h16-19,21,26,31,35H,7-15,20H2,1-6H3/t21-,26-,31?,32+/m1/s1. The molecule has 2 aliphatic heterocycles. The molecular weight excluding hydrogens is 492 g/mol. The van der Waals surface area contributed by atoms with E-state index in [4.69, 9.17) is 18.9 Å². The molecule has 0 aromatic heterocycles. The van der Waals surface area contributed by atoms with Crippen molar-refractivity contribution < 1.29 is 24.1 Å². The van der Waals surface area contributed by atoms with Gasteiger partial charge in [-0.15, -0.1) is 0 Å². The molecule has 2 aromatic rings. The number of nitrogens with zero attached hydrogens (tertiary/aromatic N) is 2. The predicted molar refractivity (Wildman–Crippen MR) is 153 cm³/mol. The molecule has 1 aliphatic carbocycles. The van der Waals surface area contributed by atoms with Crippen LogP contribution in [0.25, 0.3) is 0 Å². The van der Waals surface area contributed by atoms with E-state index in [9.17, 15) is 5.11 Å². The van der Waals surface area contributed by atoms with Crippen LogP contribution in [0.3, 0.4) is 0 Å². The van der Waals surface area contributed by atoms with Crippen LogP contribution in [0.2, 0.25) is 0 Å². The van der Waals surface area contributed by atoms with Gasteiger partial charge in [-0.05, 0) is 97.6 Å². The Bertz CT molecular complexity index is 1170. The van der Waals surface area contributed by atoms with Crippen molar-refractivity contribution in [1.82, 2.24) is 9.80 Å². The number of hydrogen-bond acceptors (Lipinski definition) is 7. The third-order valence-electron chi connectivity index (χ3n) is 9.88. The molecule has 5 rings (SSSR count). The van der Waals surface area contributed by atoms with Gasteiger partial charge in [0.2, 0.25) is 0 Å². The van der Waals surface area contributed by atoms with Crippen LogP contribution < -0.4 is 18.9 Å². The van der Waals surface area contributed by atoms with E-state index in [0.717, 1.165) is 81.3 Å². The van der Waals surface area contributed by atoms with Crippen LogP contribution in [0, 0.1) is 11.8 Å². The van der Waals surface area contributed by atoms with Gasteiger partial charge in [0.05, 0.1) is 34.0 Å². The van der Waals surface area contributed by atoms with Crippen LogP contribution in [0.5, 0.6) is 23.0 Å². The van der Waals surface area contributed by atoms with Gasteiger partial charge in [-0.2, -0.15) is 0 Å². The quantitative estimate of drug-likeness (QED) is 0.517. The first-order chi connectivity index (χ1) is 19.0. The molecule has 7 heteroatoms. The van der Waals surface area contributed by atoms with E-state index in [1.54, 1.807) is 28.4 Å². The molecule has 1 unspecified atom stereocenters. The van der Waals surface area contributed by atoms with Gasteiger partial charge in [0.15, 0.2) is 23.0 Å². The molecule has 2 aromatic carbocycles. The van der Waals surface area contributed by atoms with E-state index in [-0.39, 0.29) is 30.0 Å². The molecular formula is C32H46N2O5. The van der Waals surface area contributed by atoms with Gasteiger partial charge in [-0.3, -0.25) is 9.80 Å². The Morgan fingerprint density at radius 1 is 0.821 bits per heavy atom. The summed E-state index contributed by atoms with van der Waals surface area (Å²) in [5.74, 6) is 3.73. The van der Waals surface area contributed by atoms with Gasteiger partial charge in [0, 0.05) is 31.7 Å². The molecule has 1 saturated carbocycles. The minimum Gasteiger partial charge on any atom is -0.493 e. The minimum atomic E-state index is -0.173. The Balaban J connectivity index is 1.75. The van der Waals surface area contributed by atoms with Crippen LogP contribution >= 0.6 is 0 Å². The fraction of sp³-hybridized carbons (Fsp3) is 0.625. The summed E-state index contributed by atoms with van der Waals surface area (Å²) < 4.78 is 23.1. The lowest BCUT2D eigenvalue weighted by Crippen LogP contribution is -2.60. The van der Waals surface area contributed by atoms with Crippen molar-refractivity contribution in [1.29, 1.82) is 0 Å². The number of rotatable bonds is 8. The summed E-state index contributed by atoms with van der Waals surface area (Å²) in [6.07, 6.45) is 4.97. The summed E-state index contributed by atoms with van der Waals surface area (Å²) in [7, 11) is 6.88. The van der Waals surface area contributed by atoms with Gasteiger partial charge in [-0.25, -0.2) is 0 Å². The zero-order chi connectivity index (χ0) is 27.7. The zero-order valence-corrected chi connectivity index (χ0v) is 24.6. The van der Waals surface area contributed by atoms with E-state index >= 15 is 0 Å². The largest absolute Gasteiger partial charge is 0.493 e. The number of ether oxygens (including phenoxy) is 4. The van der Waals surface area contributed by atoms with Crippen LogP contribution in [0.1, 0.15) is 61.4 Å². The van der Waals surface area contributed by atoms with Crippen molar-refractivity contribution in [3.63, 3.8) is 0 Å². The van der Waals surface area contributed by atoms with Crippen molar-refractivity contribution in [2.75, 3.05) is 61.2 Å². The molecule has 4 atom stereocenters. The van der Waals surface area contributed by atoms with Crippen LogP contribution in [0.15, 0.2) is 24.3 Å². The Labute approximate surface area is 234 Å². The Morgan fingerprint density at radius 3 is 2.05 bits per heavy atom. The maximum atomic E-state index is 10.4. The smallest absolute Gasteiger partial charge is 0.161 e. The van der Waals surface area contributed by atoms with Crippen LogP contribution in [0.4, 0.5) is 0 Å². The minimum absolute atomic E-state index is 0.173. The molecule has 1 spiro atoms. The fourth-order valence-electron chi connectivity index (χ4n) is 8.02. The Hall–Kier alpha value is -2.48. The second kappa shape index (κ2) is 11.6. The lowest BCUT2D eigenvalue weighted by molar-refractivity contribution is -0.0731. The average molecular weight is 539 g/mol. The zero-order valence-electron chi connectivity index (χ0n) is 24.6. The van der Waals surface area contributed by atoms with E-state index < -0.39 is 0 Å². The molecule has 0 radical (unpaired) electrons. The highest BCUT2D eigenvalue weighted by atomic mass is 16.5. The molecule has 39 heavy (non-hydrogen) atoms. The van der Waals surface area contributed by atoms with Gasteiger partial charge in [-0.1, -0.05) is 13.8 Å². The van der Waals surface area contributed by atoms with Gasteiger partial charge in [0.1, 0.15) is 0 Å². The molecule has 1 fully saturated rings. The summed E-state index contributed by atoms with van der Waals surface area (Å²) in [5.41, 5.74) is 5.24. The number of aliphatic hydroxyl groups excluding tert-OH is 1. The summed E-state index contributed by atoms with van der Waals surface area (Å²) in [6.45, 7) is 8.77. The molecule has 1 N–H and O–H groups in total. The molecule has 0 saturated heterocycles. The Kier molecular flexibility index (Phi) is 8.32. The molecule has 3 aliphatic rings. The molecule has 0 bridgehead atoms. The van der Waals surface area contributed by atoms with Crippen LogP contribution in [-0.4, -0.2) is 76.1 Å². The van der Waals surface area contributed by atoms with E-state index in [1.165, 1.54) is 22.3 Å². The van der Waals surface area contributed by atoms with E-state index in [1.807, 2.05) is 0 Å². The maximum absolute atomic E-state index is 10.4. The third-order valence-corrected chi connectivity index (χ3v) is 9.88. The highest BCUT2D eigenvalue weighted by Gasteiger charge is 2.55. The van der Waals surface area contributed by atoms with Crippen molar-refractivity contribution in [2.24, 2.45) is 11.8 Å². The van der Waals surface area contributed by atoms with Gasteiger partial charge in [0.25, 0.3) is 0 Å². The second-order valence-electron chi connectivity index (χ2n) is 11.3. The molecule has 214 valence electrons. The first-order valence-electron chi connectivity index (χ1n) is 14.6. The average Bonchev–Trinajstić information content (AvgIpc) is 2.99. The third kappa shape index (κ3) is 4.56. The summed E-state index contributed by atoms with van der Waals surface area (Å²) >= 11 is 0. The maximum Gasteiger partial charge on any atom is 0.161 e. The topological polar surface area (TPSA) is 63.6 Å². The number of benzene rings is 2. The molecule has 7 nitrogen and oxygen atoms in total. The summed E-state index contributed by atoms with van der Waals surface area (Å²) in [6, 6.07) is 9.08. The second-order valence-corrected chi connectivity index (χ2v) is 11.3. The number of aliphatic hydroxyl groups is 1. The van der Waals surface area contributed by atoms with Crippen LogP contribution in [-0.2, 0) is 18.4 Å². The highest BCUT2D eigenvalue weighted by Crippen LogP contribution is 2.58. The van der Waals surface area contributed by atoms with Gasteiger partial charge < -0.3 is 24.1 Å². The number of fused-ring (bicyclic) bond motifs is 3. The lowest BCUT2D eigenvalue weighted by Gasteiger charge is -2.59. The first kappa shape index (κ1) is 28.1. The molecule has 0 amide bonds. The lowest BCUT2D eigenvalue weighted by atomic mass is 9.58. The van der Waals surface area contributed by atoms with Crippen molar-refractivity contribution >= 4 is 0 Å². The van der Waals surface area contributed by atoms with Gasteiger partial charge >= 0.3 is 0 Å². The number of hydrogen-bond donors (Lipinski definition) is 1. The van der Waals surface area contributed by atoms with E-state index in [0.29, 0.717) is 0 Å². The number of methoxy groups -OCH3 is 4. The SMILES string of the molecule is CCN1CCc2cc(OC)c(OC)cc2C1[C@H]1C[C@H](CO)CC[C@]12c1cc(OC)c(OC)cc1CCN2CC. The molecule has 2 heterocycles. The summed E-state index contributed by atoms with van der Waals surface area (Å²) in [4.78, 5) is 5.38. The summed E-state index contributed by atoms with van der Waals surface area (Å²) in [5, 5.41) is 10.4. The number of likely N-dealkylation sites (N-methyl/N-ethyl adjacent to an activating group) is 2. The van der Waals surface area contributed by atoms with Crippen molar-refractivity contribution in [2.45, 2.75) is 57.5 Å². The normalized spacial score (nSPS) is 27.1. The van der Waals surface area contributed by atoms with Crippen molar-refractivity contribution in [3.8, 4) is 23.0 Å². The monoisotopic (exact) mass is 538 g/mol. The first-order valence-corrected chi connectivity index (χ1v) is 14.6. The van der Waals surface area contributed by atoms with E-state index in [2.05, 4.69) is 47.9 Å². The highest BCUT2D eigenvalue weighted by molar-refractivity contribution is 5.53. The fourth-order valence-corrected chi connectivity index (χ4v) is 8.02. The predicted octanol–water partition coefficient (Wildman–Crippen LogP) is 4.82. The van der Waals surface area contributed by atoms with Crippen molar-refractivity contribution in [3.05, 3.63) is 46.5 Å². The Morgan fingerprint density at radius 2 is 1.44 bits per heavy atom.